The minimum Gasteiger partial charge on any atom is -0.469 e. The highest BCUT2D eigenvalue weighted by Gasteiger charge is 2.43. The van der Waals surface area contributed by atoms with Crippen molar-refractivity contribution in [2.45, 2.75) is 24.8 Å². The lowest BCUT2D eigenvalue weighted by Crippen LogP contribution is -2.23. The van der Waals surface area contributed by atoms with Crippen molar-refractivity contribution in [3.05, 3.63) is 22.9 Å². The summed E-state index contributed by atoms with van der Waals surface area (Å²) in [6, 6.07) is 0.774. The van der Waals surface area contributed by atoms with Crippen LogP contribution in [0.25, 0.3) is 0 Å². The number of halogens is 7. The number of hydrogen-bond donors (Lipinski definition) is 0. The number of esters is 1. The van der Waals surface area contributed by atoms with Gasteiger partial charge in [-0.15, -0.1) is 24.8 Å². The molecule has 0 aliphatic carbocycles. The number of carbonyl (C=O) groups excluding carboxylic acids is 1. The monoisotopic (exact) mass is 351 g/mol. The van der Waals surface area contributed by atoms with Crippen LogP contribution in [0.4, 0.5) is 26.3 Å². The van der Waals surface area contributed by atoms with Gasteiger partial charge in [-0.3, -0.25) is 4.79 Å². The number of rotatable bonds is 4. The third-order valence-corrected chi connectivity index (χ3v) is 2.59. The summed E-state index contributed by atoms with van der Waals surface area (Å²) < 4.78 is 83.3. The smallest absolute Gasteiger partial charge is 0.469 e. The number of ether oxygens (including phenoxy) is 2. The van der Waals surface area contributed by atoms with Crippen LogP contribution in [0.1, 0.15) is 16.8 Å². The van der Waals surface area contributed by atoms with E-state index < -0.39 is 47.8 Å². The molecule has 22 heavy (non-hydrogen) atoms. The largest absolute Gasteiger partial charge is 0.574 e. The van der Waals surface area contributed by atoms with E-state index in [9.17, 15) is 31.1 Å². The van der Waals surface area contributed by atoms with E-state index in [1.54, 1.807) is 0 Å². The van der Waals surface area contributed by atoms with Gasteiger partial charge in [0.1, 0.15) is 5.56 Å². The molecular formula is C11H8ClF6NO3. The van der Waals surface area contributed by atoms with Crippen LogP contribution in [0.2, 0.25) is 0 Å². The summed E-state index contributed by atoms with van der Waals surface area (Å²) in [7, 11) is 0.923. The standard InChI is InChI=1S/C11H8ClF6NO3/c1-21-7(20)3-5-2-6(4-12)19-9(22-11(16,17)18)8(5)10(13,14)15/h2H,3-4H2,1H3. The Bertz CT molecular complexity index is 558. The van der Waals surface area contributed by atoms with E-state index in [4.69, 9.17) is 11.6 Å². The van der Waals surface area contributed by atoms with Gasteiger partial charge in [-0.1, -0.05) is 0 Å². The molecule has 0 aliphatic rings. The maximum absolute atomic E-state index is 13.0. The van der Waals surface area contributed by atoms with Gasteiger partial charge in [-0.2, -0.15) is 13.2 Å². The molecule has 1 aromatic heterocycles. The molecule has 1 aromatic rings. The Morgan fingerprint density at radius 2 is 1.86 bits per heavy atom. The summed E-state index contributed by atoms with van der Waals surface area (Å²) in [5.41, 5.74) is -2.89. The molecule has 0 saturated carbocycles. The van der Waals surface area contributed by atoms with Crippen molar-refractivity contribution in [3.8, 4) is 5.88 Å². The molecule has 11 heteroatoms. The van der Waals surface area contributed by atoms with E-state index in [0.717, 1.165) is 13.2 Å². The number of pyridine rings is 1. The van der Waals surface area contributed by atoms with Crippen molar-refractivity contribution in [2.75, 3.05) is 7.11 Å². The first-order valence-corrected chi connectivity index (χ1v) is 6.00. The fraction of sp³-hybridized carbons (Fsp3) is 0.455. The maximum atomic E-state index is 13.0. The summed E-state index contributed by atoms with van der Waals surface area (Å²) in [5, 5.41) is 0. The normalized spacial score (nSPS) is 12.2. The Morgan fingerprint density at radius 1 is 1.27 bits per heavy atom. The van der Waals surface area contributed by atoms with E-state index in [1.807, 2.05) is 0 Å². The van der Waals surface area contributed by atoms with E-state index >= 15 is 0 Å². The lowest BCUT2D eigenvalue weighted by Gasteiger charge is -2.18. The van der Waals surface area contributed by atoms with Gasteiger partial charge in [0.25, 0.3) is 0 Å². The van der Waals surface area contributed by atoms with Gasteiger partial charge in [0, 0.05) is 0 Å². The molecule has 0 saturated heterocycles. The third-order valence-electron chi connectivity index (χ3n) is 2.32. The molecule has 0 unspecified atom stereocenters. The maximum Gasteiger partial charge on any atom is 0.574 e. The van der Waals surface area contributed by atoms with Crippen LogP contribution in [0.3, 0.4) is 0 Å². The minimum absolute atomic E-state index is 0.312. The SMILES string of the molecule is COC(=O)Cc1cc(CCl)nc(OC(F)(F)F)c1C(F)(F)F. The Morgan fingerprint density at radius 3 is 2.27 bits per heavy atom. The van der Waals surface area contributed by atoms with Gasteiger partial charge in [0.2, 0.25) is 5.88 Å². The number of aromatic nitrogens is 1. The number of carbonyl (C=O) groups is 1. The van der Waals surface area contributed by atoms with Crippen LogP contribution in [0, 0.1) is 0 Å². The van der Waals surface area contributed by atoms with Crippen LogP contribution in [-0.4, -0.2) is 24.4 Å². The zero-order chi connectivity index (χ0) is 17.1. The molecule has 0 bridgehead atoms. The number of nitrogens with zero attached hydrogens (tertiary/aromatic N) is 1. The molecule has 0 aliphatic heterocycles. The molecule has 0 atom stereocenters. The van der Waals surface area contributed by atoms with Crippen molar-refractivity contribution >= 4 is 17.6 Å². The second-order valence-corrected chi connectivity index (χ2v) is 4.15. The Hall–Kier alpha value is -1.71. The van der Waals surface area contributed by atoms with Gasteiger partial charge < -0.3 is 9.47 Å². The predicted octanol–water partition coefficient (Wildman–Crippen LogP) is 3.45. The van der Waals surface area contributed by atoms with E-state index in [1.165, 1.54) is 0 Å². The Balaban J connectivity index is 3.51. The third kappa shape index (κ3) is 4.93. The van der Waals surface area contributed by atoms with Gasteiger partial charge in [-0.25, -0.2) is 4.98 Å². The van der Waals surface area contributed by atoms with Gasteiger partial charge in [-0.05, 0) is 11.6 Å². The van der Waals surface area contributed by atoms with Crippen molar-refractivity contribution in [1.29, 1.82) is 0 Å². The molecule has 124 valence electrons. The van der Waals surface area contributed by atoms with Crippen molar-refractivity contribution in [3.63, 3.8) is 0 Å². The van der Waals surface area contributed by atoms with Crippen LogP contribution in [-0.2, 0) is 28.0 Å². The highest BCUT2D eigenvalue weighted by molar-refractivity contribution is 6.16. The second-order valence-electron chi connectivity index (χ2n) is 3.88. The molecule has 1 rings (SSSR count). The summed E-state index contributed by atoms with van der Waals surface area (Å²) in [6.07, 6.45) is -11.5. The van der Waals surface area contributed by atoms with Gasteiger partial charge in [0.15, 0.2) is 0 Å². The van der Waals surface area contributed by atoms with Crippen LogP contribution in [0.5, 0.6) is 5.88 Å². The van der Waals surface area contributed by atoms with E-state index in [-0.39, 0.29) is 5.69 Å². The average molecular weight is 352 g/mol. The predicted molar refractivity (Wildman–Crippen MR) is 61.2 cm³/mol. The number of alkyl halides is 7. The summed E-state index contributed by atoms with van der Waals surface area (Å²) >= 11 is 5.38. The Kier molecular flexibility index (Phi) is 5.49. The second kappa shape index (κ2) is 6.59. The topological polar surface area (TPSA) is 48.4 Å². The molecule has 0 spiro atoms. The number of hydrogen-bond acceptors (Lipinski definition) is 4. The average Bonchev–Trinajstić information content (AvgIpc) is 2.34. The first-order chi connectivity index (χ1) is 9.97. The molecule has 4 nitrogen and oxygen atoms in total. The zero-order valence-electron chi connectivity index (χ0n) is 10.8. The van der Waals surface area contributed by atoms with Crippen molar-refractivity contribution < 1.29 is 40.6 Å². The summed E-state index contributed by atoms with van der Waals surface area (Å²) in [4.78, 5) is 14.2. The highest BCUT2D eigenvalue weighted by atomic mass is 35.5. The van der Waals surface area contributed by atoms with Crippen LogP contribution >= 0.6 is 11.6 Å². The molecule has 0 radical (unpaired) electrons. The molecule has 1 heterocycles. The summed E-state index contributed by atoms with van der Waals surface area (Å²) in [5.74, 6) is -3.26. The van der Waals surface area contributed by atoms with E-state index in [0.29, 0.717) is 0 Å². The lowest BCUT2D eigenvalue weighted by atomic mass is 10.0. The molecule has 0 N–H and O–H groups in total. The first-order valence-electron chi connectivity index (χ1n) is 5.46. The lowest BCUT2D eigenvalue weighted by molar-refractivity contribution is -0.278. The van der Waals surface area contributed by atoms with Gasteiger partial charge in [0.05, 0.1) is 25.1 Å². The number of methoxy groups -OCH3 is 1. The van der Waals surface area contributed by atoms with Crippen LogP contribution in [0.15, 0.2) is 6.07 Å². The summed E-state index contributed by atoms with van der Waals surface area (Å²) in [6.45, 7) is 0. The van der Waals surface area contributed by atoms with Crippen LogP contribution < -0.4 is 4.74 Å². The Labute approximate surface area is 125 Å². The quantitative estimate of drug-likeness (QED) is 0.473. The fourth-order valence-electron chi connectivity index (χ4n) is 1.55. The van der Waals surface area contributed by atoms with Gasteiger partial charge >= 0.3 is 18.5 Å². The fourth-order valence-corrected chi connectivity index (χ4v) is 1.69. The van der Waals surface area contributed by atoms with Crippen molar-refractivity contribution in [2.24, 2.45) is 0 Å². The zero-order valence-corrected chi connectivity index (χ0v) is 11.6. The molecular weight excluding hydrogens is 344 g/mol. The molecule has 0 fully saturated rings. The van der Waals surface area contributed by atoms with E-state index in [2.05, 4.69) is 14.5 Å². The van der Waals surface area contributed by atoms with Crippen molar-refractivity contribution in [1.82, 2.24) is 4.98 Å². The molecule has 0 aromatic carbocycles. The highest BCUT2D eigenvalue weighted by Crippen LogP contribution is 2.40. The minimum atomic E-state index is -5.39. The first kappa shape index (κ1) is 18.3. The molecule has 0 amide bonds.